The lowest BCUT2D eigenvalue weighted by atomic mass is 9.93. The number of hydrogen-bond acceptors (Lipinski definition) is 4. The zero-order valence-corrected chi connectivity index (χ0v) is 17.0. The molecule has 0 radical (unpaired) electrons. The molecule has 7 heteroatoms. The average Bonchev–Trinajstić information content (AvgIpc) is 2.66. The van der Waals surface area contributed by atoms with E-state index in [0.717, 1.165) is 22.9 Å². The van der Waals surface area contributed by atoms with Crippen LogP contribution in [-0.2, 0) is 32.4 Å². The van der Waals surface area contributed by atoms with Crippen molar-refractivity contribution >= 4 is 21.7 Å². The molecule has 6 nitrogen and oxygen atoms in total. The van der Waals surface area contributed by atoms with Gasteiger partial charge < -0.3 is 10.2 Å². The number of benzene rings is 2. The number of nitrogens with one attached hydrogen (secondary N) is 1. The minimum Gasteiger partial charge on any atom is -0.348 e. The highest BCUT2D eigenvalue weighted by atomic mass is 32.2. The lowest BCUT2D eigenvalue weighted by Gasteiger charge is -2.36. The van der Waals surface area contributed by atoms with Gasteiger partial charge >= 0.3 is 0 Å². The fraction of sp³-hybridized carbons (Fsp3) is 0.333. The Morgan fingerprint density at radius 1 is 1.07 bits per heavy atom. The van der Waals surface area contributed by atoms with E-state index in [1.54, 1.807) is 17.0 Å². The maximum atomic E-state index is 12.9. The SMILES string of the molecule is CC(=O)N1Cc2ccccc2C[C@@H]1C(=O)N[C@@H](C)c1ccc(S(C)(=O)=O)cc1. The first-order valence-corrected chi connectivity index (χ1v) is 11.0. The van der Waals surface area contributed by atoms with Gasteiger partial charge in [-0.2, -0.15) is 0 Å². The predicted octanol–water partition coefficient (Wildman–Crippen LogP) is 2.24. The second-order valence-electron chi connectivity index (χ2n) is 7.21. The molecule has 28 heavy (non-hydrogen) atoms. The van der Waals surface area contributed by atoms with Gasteiger partial charge in [0.1, 0.15) is 6.04 Å². The highest BCUT2D eigenvalue weighted by Crippen LogP contribution is 2.24. The summed E-state index contributed by atoms with van der Waals surface area (Å²) in [5.74, 6) is -0.357. The standard InChI is InChI=1S/C21H24N2O4S/c1-14(16-8-10-19(11-9-16)28(3,26)27)22-21(25)20-12-17-6-4-5-7-18(17)13-23(20)15(2)24/h4-11,14,20H,12-13H2,1-3H3,(H,22,25)/t14-,20+/m0/s1. The molecule has 3 rings (SSSR count). The molecule has 2 aromatic carbocycles. The van der Waals surface area contributed by atoms with Crippen LogP contribution in [0.5, 0.6) is 0 Å². The van der Waals surface area contributed by atoms with E-state index in [1.807, 2.05) is 31.2 Å². The number of sulfone groups is 1. The highest BCUT2D eigenvalue weighted by Gasteiger charge is 2.33. The molecule has 1 heterocycles. The number of rotatable bonds is 4. The first-order chi connectivity index (χ1) is 13.2. The molecule has 2 amide bonds. The molecule has 0 aliphatic carbocycles. The molecule has 0 saturated carbocycles. The summed E-state index contributed by atoms with van der Waals surface area (Å²) in [7, 11) is -3.26. The van der Waals surface area contributed by atoms with Gasteiger partial charge in [-0.15, -0.1) is 0 Å². The van der Waals surface area contributed by atoms with Crippen LogP contribution >= 0.6 is 0 Å². The molecule has 2 aromatic rings. The molecule has 148 valence electrons. The van der Waals surface area contributed by atoms with Crippen LogP contribution in [0.2, 0.25) is 0 Å². The Bertz CT molecular complexity index is 999. The molecule has 0 spiro atoms. The molecule has 0 unspecified atom stereocenters. The van der Waals surface area contributed by atoms with E-state index >= 15 is 0 Å². The third-order valence-corrected chi connectivity index (χ3v) is 6.25. The summed E-state index contributed by atoms with van der Waals surface area (Å²) in [6.07, 6.45) is 1.63. The number of amides is 2. The van der Waals surface area contributed by atoms with Gasteiger partial charge in [0, 0.05) is 26.1 Å². The maximum absolute atomic E-state index is 12.9. The van der Waals surface area contributed by atoms with Crippen molar-refractivity contribution in [3.8, 4) is 0 Å². The van der Waals surface area contributed by atoms with Gasteiger partial charge in [-0.05, 0) is 35.7 Å². The molecule has 0 saturated heterocycles. The van der Waals surface area contributed by atoms with E-state index < -0.39 is 15.9 Å². The monoisotopic (exact) mass is 400 g/mol. The van der Waals surface area contributed by atoms with Crippen molar-refractivity contribution in [2.75, 3.05) is 6.26 Å². The highest BCUT2D eigenvalue weighted by molar-refractivity contribution is 7.90. The van der Waals surface area contributed by atoms with Gasteiger partial charge in [-0.1, -0.05) is 36.4 Å². The van der Waals surface area contributed by atoms with Crippen LogP contribution in [0.4, 0.5) is 0 Å². The Morgan fingerprint density at radius 3 is 2.25 bits per heavy atom. The van der Waals surface area contributed by atoms with Crippen LogP contribution in [0.1, 0.15) is 36.6 Å². The molecular formula is C21H24N2O4S. The zero-order chi connectivity index (χ0) is 20.5. The summed E-state index contributed by atoms with van der Waals surface area (Å²) in [5.41, 5.74) is 2.93. The van der Waals surface area contributed by atoms with E-state index in [-0.39, 0.29) is 22.8 Å². The number of carbonyl (C=O) groups is 2. The van der Waals surface area contributed by atoms with Crippen LogP contribution < -0.4 is 5.32 Å². The smallest absolute Gasteiger partial charge is 0.243 e. The second kappa shape index (κ2) is 7.75. The van der Waals surface area contributed by atoms with Crippen molar-refractivity contribution in [1.82, 2.24) is 10.2 Å². The van der Waals surface area contributed by atoms with Crippen LogP contribution in [0.15, 0.2) is 53.4 Å². The first-order valence-electron chi connectivity index (χ1n) is 9.11. The Labute approximate surface area is 165 Å². The fourth-order valence-corrected chi connectivity index (χ4v) is 4.12. The van der Waals surface area contributed by atoms with E-state index in [4.69, 9.17) is 0 Å². The molecule has 1 aliphatic heterocycles. The summed E-state index contributed by atoms with van der Waals surface area (Å²) in [5, 5.41) is 2.96. The van der Waals surface area contributed by atoms with Gasteiger partial charge in [0.05, 0.1) is 10.9 Å². The number of carbonyl (C=O) groups excluding carboxylic acids is 2. The number of hydrogen-bond donors (Lipinski definition) is 1. The van der Waals surface area contributed by atoms with Crippen molar-refractivity contribution in [2.45, 2.75) is 43.8 Å². The fourth-order valence-electron chi connectivity index (χ4n) is 3.48. The summed E-state index contributed by atoms with van der Waals surface area (Å²) in [6.45, 7) is 3.73. The number of nitrogens with zero attached hydrogens (tertiary/aromatic N) is 1. The number of fused-ring (bicyclic) bond motifs is 1. The van der Waals surface area contributed by atoms with Crippen LogP contribution in [0.25, 0.3) is 0 Å². The zero-order valence-electron chi connectivity index (χ0n) is 16.2. The molecular weight excluding hydrogens is 376 g/mol. The lowest BCUT2D eigenvalue weighted by Crippen LogP contribution is -2.52. The summed E-state index contributed by atoms with van der Waals surface area (Å²) >= 11 is 0. The average molecular weight is 401 g/mol. The van der Waals surface area contributed by atoms with Gasteiger partial charge in [0.25, 0.3) is 0 Å². The third kappa shape index (κ3) is 4.25. The van der Waals surface area contributed by atoms with Crippen LogP contribution in [0.3, 0.4) is 0 Å². The summed E-state index contributed by atoms with van der Waals surface area (Å²) in [6, 6.07) is 13.4. The van der Waals surface area contributed by atoms with E-state index in [0.29, 0.717) is 13.0 Å². The van der Waals surface area contributed by atoms with Gasteiger partial charge in [-0.3, -0.25) is 9.59 Å². The predicted molar refractivity (Wildman–Crippen MR) is 106 cm³/mol. The van der Waals surface area contributed by atoms with Crippen molar-refractivity contribution in [2.24, 2.45) is 0 Å². The molecule has 0 fully saturated rings. The van der Waals surface area contributed by atoms with Crippen LogP contribution in [-0.4, -0.2) is 37.4 Å². The van der Waals surface area contributed by atoms with E-state index in [1.165, 1.54) is 19.1 Å². The molecule has 0 aromatic heterocycles. The molecule has 1 N–H and O–H groups in total. The van der Waals surface area contributed by atoms with Crippen LogP contribution in [0, 0.1) is 0 Å². The summed E-state index contributed by atoms with van der Waals surface area (Å²) in [4.78, 5) is 26.9. The van der Waals surface area contributed by atoms with E-state index in [9.17, 15) is 18.0 Å². The van der Waals surface area contributed by atoms with E-state index in [2.05, 4.69) is 5.32 Å². The Balaban J connectivity index is 1.76. The Morgan fingerprint density at radius 2 is 1.68 bits per heavy atom. The molecule has 0 bridgehead atoms. The van der Waals surface area contributed by atoms with Gasteiger partial charge in [0.2, 0.25) is 11.8 Å². The molecule has 1 aliphatic rings. The van der Waals surface area contributed by atoms with Crippen molar-refractivity contribution < 1.29 is 18.0 Å². The quantitative estimate of drug-likeness (QED) is 0.853. The minimum absolute atomic E-state index is 0.139. The topological polar surface area (TPSA) is 83.6 Å². The van der Waals surface area contributed by atoms with Crippen molar-refractivity contribution in [1.29, 1.82) is 0 Å². The van der Waals surface area contributed by atoms with Gasteiger partial charge in [-0.25, -0.2) is 8.42 Å². The Kier molecular flexibility index (Phi) is 5.56. The second-order valence-corrected chi connectivity index (χ2v) is 9.22. The first kappa shape index (κ1) is 20.1. The van der Waals surface area contributed by atoms with Crippen molar-refractivity contribution in [3.63, 3.8) is 0 Å². The lowest BCUT2D eigenvalue weighted by molar-refractivity contribution is -0.140. The van der Waals surface area contributed by atoms with Gasteiger partial charge in [0.15, 0.2) is 9.84 Å². The summed E-state index contributed by atoms with van der Waals surface area (Å²) < 4.78 is 23.2. The normalized spacial score (nSPS) is 17.5. The third-order valence-electron chi connectivity index (χ3n) is 5.12. The Hall–Kier alpha value is -2.67. The molecule has 2 atom stereocenters. The largest absolute Gasteiger partial charge is 0.348 e. The van der Waals surface area contributed by atoms with Crippen molar-refractivity contribution in [3.05, 3.63) is 65.2 Å². The minimum atomic E-state index is -3.26. The maximum Gasteiger partial charge on any atom is 0.243 e.